The van der Waals surface area contributed by atoms with Crippen LogP contribution >= 0.6 is 23.1 Å². The third-order valence-corrected chi connectivity index (χ3v) is 5.33. The molecular formula is C10H15N3O2S3. The number of sulfone groups is 1. The van der Waals surface area contributed by atoms with Gasteiger partial charge in [0, 0.05) is 30.1 Å². The fourth-order valence-electron chi connectivity index (χ4n) is 1.55. The van der Waals surface area contributed by atoms with Gasteiger partial charge in [-0.25, -0.2) is 13.4 Å². The summed E-state index contributed by atoms with van der Waals surface area (Å²) in [4.78, 5) is 5.47. The van der Waals surface area contributed by atoms with Crippen molar-refractivity contribution in [3.63, 3.8) is 0 Å². The SMILES string of the molecule is CNCc1c(SCCS(C)(=O)=O)nc2sccn12. The normalized spacial score (nSPS) is 12.3. The maximum atomic E-state index is 11.1. The van der Waals surface area contributed by atoms with Gasteiger partial charge in [-0.05, 0) is 7.05 Å². The fraction of sp³-hybridized carbons (Fsp3) is 0.500. The Morgan fingerprint density at radius 3 is 3.00 bits per heavy atom. The van der Waals surface area contributed by atoms with Crippen LogP contribution < -0.4 is 5.32 Å². The minimum atomic E-state index is -2.90. The standard InChI is InChI=1S/C10H15N3O2S3/c1-11-7-8-9(16-5-6-18(2,14)15)12-10-13(8)3-4-17-10/h3-4,11H,5-7H2,1-2H3. The second-order valence-corrected chi connectivity index (χ2v) is 8.14. The summed E-state index contributed by atoms with van der Waals surface area (Å²) in [6, 6.07) is 0. The molecule has 1 N–H and O–H groups in total. The second-order valence-electron chi connectivity index (χ2n) is 3.93. The van der Waals surface area contributed by atoms with Crippen molar-refractivity contribution in [2.45, 2.75) is 11.6 Å². The Balaban J connectivity index is 2.16. The van der Waals surface area contributed by atoms with E-state index in [-0.39, 0.29) is 5.75 Å². The first-order valence-electron chi connectivity index (χ1n) is 5.41. The van der Waals surface area contributed by atoms with Crippen molar-refractivity contribution in [2.24, 2.45) is 0 Å². The van der Waals surface area contributed by atoms with Crippen molar-refractivity contribution >= 4 is 37.9 Å². The van der Waals surface area contributed by atoms with E-state index in [1.807, 2.05) is 23.0 Å². The van der Waals surface area contributed by atoms with Gasteiger partial charge in [0.25, 0.3) is 0 Å². The Bertz CT molecular complexity index is 630. The third-order valence-electron chi connectivity index (χ3n) is 2.36. The number of hydrogen-bond acceptors (Lipinski definition) is 6. The maximum Gasteiger partial charge on any atom is 0.194 e. The van der Waals surface area contributed by atoms with E-state index in [0.29, 0.717) is 5.75 Å². The summed E-state index contributed by atoms with van der Waals surface area (Å²) in [7, 11) is -1.02. The number of imidazole rings is 1. The first-order valence-corrected chi connectivity index (χ1v) is 9.33. The summed E-state index contributed by atoms with van der Waals surface area (Å²) in [6.45, 7) is 0.721. The van der Waals surface area contributed by atoms with Crippen molar-refractivity contribution in [1.29, 1.82) is 0 Å². The Morgan fingerprint density at radius 1 is 1.56 bits per heavy atom. The lowest BCUT2D eigenvalue weighted by atomic mass is 10.5. The third kappa shape index (κ3) is 3.25. The minimum absolute atomic E-state index is 0.182. The number of thioether (sulfide) groups is 1. The van der Waals surface area contributed by atoms with Crippen molar-refractivity contribution in [2.75, 3.05) is 24.8 Å². The van der Waals surface area contributed by atoms with Crippen LogP contribution in [0.25, 0.3) is 4.96 Å². The van der Waals surface area contributed by atoms with Crippen LogP contribution in [0.5, 0.6) is 0 Å². The molecule has 100 valence electrons. The maximum absolute atomic E-state index is 11.1. The summed E-state index contributed by atoms with van der Waals surface area (Å²) < 4.78 is 24.3. The van der Waals surface area contributed by atoms with Gasteiger partial charge in [-0.15, -0.1) is 23.1 Å². The van der Waals surface area contributed by atoms with E-state index in [1.165, 1.54) is 18.0 Å². The van der Waals surface area contributed by atoms with Crippen LogP contribution in [0.15, 0.2) is 16.6 Å². The fourth-order valence-corrected chi connectivity index (χ4v) is 4.56. The predicted octanol–water partition coefficient (Wildman–Crippen LogP) is 1.25. The molecule has 0 bridgehead atoms. The molecule has 0 aliphatic carbocycles. The van der Waals surface area contributed by atoms with E-state index in [0.717, 1.165) is 22.2 Å². The quantitative estimate of drug-likeness (QED) is 0.814. The lowest BCUT2D eigenvalue weighted by Crippen LogP contribution is -2.09. The number of aromatic nitrogens is 2. The molecule has 2 heterocycles. The molecule has 0 aliphatic rings. The number of nitrogens with zero attached hydrogens (tertiary/aromatic N) is 2. The summed E-state index contributed by atoms with van der Waals surface area (Å²) in [5.74, 6) is 0.724. The zero-order valence-electron chi connectivity index (χ0n) is 10.2. The van der Waals surface area contributed by atoms with E-state index < -0.39 is 9.84 Å². The van der Waals surface area contributed by atoms with Gasteiger partial charge in [-0.1, -0.05) is 0 Å². The van der Waals surface area contributed by atoms with Gasteiger partial charge in [0.15, 0.2) is 4.96 Å². The molecule has 0 spiro atoms. The number of thiazole rings is 1. The Morgan fingerprint density at radius 2 is 2.33 bits per heavy atom. The van der Waals surface area contributed by atoms with Gasteiger partial charge in [0.2, 0.25) is 0 Å². The summed E-state index contributed by atoms with van der Waals surface area (Å²) >= 11 is 3.08. The second kappa shape index (κ2) is 5.60. The highest BCUT2D eigenvalue weighted by atomic mass is 32.2. The molecule has 0 saturated carbocycles. The van der Waals surface area contributed by atoms with Crippen LogP contribution in [0.2, 0.25) is 0 Å². The molecule has 5 nitrogen and oxygen atoms in total. The molecule has 0 fully saturated rings. The molecule has 2 rings (SSSR count). The molecule has 18 heavy (non-hydrogen) atoms. The molecule has 0 aromatic carbocycles. The lowest BCUT2D eigenvalue weighted by molar-refractivity contribution is 0.603. The van der Waals surface area contributed by atoms with Crippen molar-refractivity contribution < 1.29 is 8.42 Å². The van der Waals surface area contributed by atoms with E-state index in [1.54, 1.807) is 11.3 Å². The highest BCUT2D eigenvalue weighted by Gasteiger charge is 2.13. The minimum Gasteiger partial charge on any atom is -0.314 e. The van der Waals surface area contributed by atoms with Crippen molar-refractivity contribution in [3.8, 4) is 0 Å². The Labute approximate surface area is 115 Å². The molecule has 8 heteroatoms. The van der Waals surface area contributed by atoms with Crippen molar-refractivity contribution in [1.82, 2.24) is 14.7 Å². The number of nitrogens with one attached hydrogen (secondary N) is 1. The van der Waals surface area contributed by atoms with Crippen molar-refractivity contribution in [3.05, 3.63) is 17.3 Å². The number of hydrogen-bond donors (Lipinski definition) is 1. The zero-order chi connectivity index (χ0) is 13.2. The van der Waals surface area contributed by atoms with Crippen LogP contribution in [0, 0.1) is 0 Å². The van der Waals surface area contributed by atoms with E-state index in [2.05, 4.69) is 10.3 Å². The topological polar surface area (TPSA) is 63.5 Å². The van der Waals surface area contributed by atoms with Crippen LogP contribution in [-0.2, 0) is 16.4 Å². The van der Waals surface area contributed by atoms with Gasteiger partial charge in [-0.2, -0.15) is 0 Å². The molecule has 0 atom stereocenters. The van der Waals surface area contributed by atoms with Crippen LogP contribution in [0.3, 0.4) is 0 Å². The summed E-state index contributed by atoms with van der Waals surface area (Å²) in [5.41, 5.74) is 1.09. The smallest absolute Gasteiger partial charge is 0.194 e. The highest BCUT2D eigenvalue weighted by molar-refractivity contribution is 8.00. The average molecular weight is 305 g/mol. The first kappa shape index (κ1) is 13.9. The van der Waals surface area contributed by atoms with E-state index in [4.69, 9.17) is 0 Å². The van der Waals surface area contributed by atoms with E-state index >= 15 is 0 Å². The Kier molecular flexibility index (Phi) is 4.31. The van der Waals surface area contributed by atoms with Gasteiger partial charge in [0.1, 0.15) is 14.9 Å². The van der Waals surface area contributed by atoms with Crippen LogP contribution in [-0.4, -0.2) is 42.6 Å². The van der Waals surface area contributed by atoms with Gasteiger partial charge in [-0.3, -0.25) is 4.40 Å². The average Bonchev–Trinajstić information content (AvgIpc) is 2.80. The molecule has 0 saturated heterocycles. The molecular weight excluding hydrogens is 290 g/mol. The Hall–Kier alpha value is -0.570. The zero-order valence-corrected chi connectivity index (χ0v) is 12.7. The van der Waals surface area contributed by atoms with Gasteiger partial charge in [0.05, 0.1) is 11.4 Å². The monoisotopic (exact) mass is 305 g/mol. The number of fused-ring (bicyclic) bond motifs is 1. The summed E-state index contributed by atoms with van der Waals surface area (Å²) in [6.07, 6.45) is 3.24. The number of rotatable bonds is 6. The highest BCUT2D eigenvalue weighted by Crippen LogP contribution is 2.25. The van der Waals surface area contributed by atoms with Gasteiger partial charge < -0.3 is 5.32 Å². The predicted molar refractivity (Wildman–Crippen MR) is 76.3 cm³/mol. The largest absolute Gasteiger partial charge is 0.314 e. The molecule has 0 unspecified atom stereocenters. The first-order chi connectivity index (χ1) is 8.51. The molecule has 0 aliphatic heterocycles. The molecule has 0 radical (unpaired) electrons. The van der Waals surface area contributed by atoms with Crippen LogP contribution in [0.1, 0.15) is 5.69 Å². The molecule has 2 aromatic heterocycles. The van der Waals surface area contributed by atoms with Gasteiger partial charge >= 0.3 is 0 Å². The molecule has 0 amide bonds. The lowest BCUT2D eigenvalue weighted by Gasteiger charge is -2.02. The van der Waals surface area contributed by atoms with Crippen LogP contribution in [0.4, 0.5) is 0 Å². The van der Waals surface area contributed by atoms with E-state index in [9.17, 15) is 8.42 Å². The summed E-state index contributed by atoms with van der Waals surface area (Å²) in [5, 5.41) is 6.02. The molecule has 2 aromatic rings.